The Bertz CT molecular complexity index is 211. The number of rotatable bonds is 2. The molecule has 0 radical (unpaired) electrons. The minimum atomic E-state index is 0.0481. The van der Waals surface area contributed by atoms with Gasteiger partial charge in [0.15, 0.2) is 0 Å². The van der Waals surface area contributed by atoms with Crippen molar-refractivity contribution in [2.45, 2.75) is 18.9 Å². The minimum absolute atomic E-state index is 0.0481. The van der Waals surface area contributed by atoms with Gasteiger partial charge in [-0.1, -0.05) is 0 Å². The Morgan fingerprint density at radius 2 is 2.27 bits per heavy atom. The SMILES string of the molecule is O=C(NC[C@@H]1CCCN1)N1CCOCC1. The molecule has 0 unspecified atom stereocenters. The van der Waals surface area contributed by atoms with Crippen LogP contribution in [0.1, 0.15) is 12.8 Å². The normalized spacial score (nSPS) is 26.7. The molecule has 2 amide bonds. The first-order valence-corrected chi connectivity index (χ1v) is 5.70. The van der Waals surface area contributed by atoms with Crippen molar-refractivity contribution in [1.82, 2.24) is 15.5 Å². The van der Waals surface area contributed by atoms with Gasteiger partial charge in [0.1, 0.15) is 0 Å². The Kier molecular flexibility index (Phi) is 3.80. The molecule has 1 atom stereocenters. The predicted molar refractivity (Wildman–Crippen MR) is 56.8 cm³/mol. The van der Waals surface area contributed by atoms with Crippen LogP contribution in [0, 0.1) is 0 Å². The molecular formula is C10H19N3O2. The van der Waals surface area contributed by atoms with E-state index in [-0.39, 0.29) is 6.03 Å². The van der Waals surface area contributed by atoms with E-state index in [2.05, 4.69) is 10.6 Å². The van der Waals surface area contributed by atoms with Crippen molar-refractivity contribution < 1.29 is 9.53 Å². The van der Waals surface area contributed by atoms with Crippen molar-refractivity contribution in [2.75, 3.05) is 39.4 Å². The van der Waals surface area contributed by atoms with Crippen molar-refractivity contribution >= 4 is 6.03 Å². The third kappa shape index (κ3) is 3.07. The average Bonchev–Trinajstić information content (AvgIpc) is 2.80. The summed E-state index contributed by atoms with van der Waals surface area (Å²) in [4.78, 5) is 13.5. The fourth-order valence-corrected chi connectivity index (χ4v) is 2.02. The molecule has 0 aliphatic carbocycles. The van der Waals surface area contributed by atoms with Gasteiger partial charge < -0.3 is 20.3 Å². The predicted octanol–water partition coefficient (Wildman–Crippen LogP) is -0.220. The van der Waals surface area contributed by atoms with Gasteiger partial charge in [0.05, 0.1) is 13.2 Å². The second-order valence-corrected chi connectivity index (χ2v) is 4.08. The van der Waals surface area contributed by atoms with Crippen LogP contribution in [0.25, 0.3) is 0 Å². The largest absolute Gasteiger partial charge is 0.378 e. The number of morpholine rings is 1. The summed E-state index contributed by atoms with van der Waals surface area (Å²) in [5, 5.41) is 6.32. The highest BCUT2D eigenvalue weighted by atomic mass is 16.5. The molecule has 15 heavy (non-hydrogen) atoms. The molecule has 2 aliphatic rings. The van der Waals surface area contributed by atoms with Gasteiger partial charge in [0.25, 0.3) is 0 Å². The van der Waals surface area contributed by atoms with Gasteiger partial charge in [0, 0.05) is 25.7 Å². The van der Waals surface area contributed by atoms with E-state index < -0.39 is 0 Å². The zero-order chi connectivity index (χ0) is 10.5. The molecule has 0 aromatic carbocycles. The number of ether oxygens (including phenoxy) is 1. The lowest BCUT2D eigenvalue weighted by molar-refractivity contribution is 0.0531. The minimum Gasteiger partial charge on any atom is -0.378 e. The van der Waals surface area contributed by atoms with Gasteiger partial charge in [-0.05, 0) is 19.4 Å². The lowest BCUT2D eigenvalue weighted by atomic mass is 10.2. The molecule has 0 saturated carbocycles. The van der Waals surface area contributed by atoms with Gasteiger partial charge >= 0.3 is 6.03 Å². The molecule has 2 heterocycles. The van der Waals surface area contributed by atoms with E-state index in [1.165, 1.54) is 12.8 Å². The van der Waals surface area contributed by atoms with Crippen molar-refractivity contribution in [3.8, 4) is 0 Å². The van der Waals surface area contributed by atoms with Gasteiger partial charge in [-0.3, -0.25) is 0 Å². The first-order valence-electron chi connectivity index (χ1n) is 5.70. The summed E-state index contributed by atoms with van der Waals surface area (Å²) < 4.78 is 5.19. The molecular weight excluding hydrogens is 194 g/mol. The van der Waals surface area contributed by atoms with Crippen LogP contribution >= 0.6 is 0 Å². The van der Waals surface area contributed by atoms with Gasteiger partial charge in [-0.25, -0.2) is 4.79 Å². The third-order valence-corrected chi connectivity index (χ3v) is 2.96. The van der Waals surface area contributed by atoms with Gasteiger partial charge in [-0.15, -0.1) is 0 Å². The number of nitrogens with one attached hydrogen (secondary N) is 2. The topological polar surface area (TPSA) is 53.6 Å². The second kappa shape index (κ2) is 5.32. The first-order chi connectivity index (χ1) is 7.36. The molecule has 86 valence electrons. The summed E-state index contributed by atoms with van der Waals surface area (Å²) in [6, 6.07) is 0.516. The number of nitrogens with zero attached hydrogens (tertiary/aromatic N) is 1. The molecule has 0 spiro atoms. The van der Waals surface area contributed by atoms with Crippen LogP contribution in [0.3, 0.4) is 0 Å². The number of carbonyl (C=O) groups excluding carboxylic acids is 1. The molecule has 0 aromatic heterocycles. The van der Waals surface area contributed by atoms with Gasteiger partial charge in [-0.2, -0.15) is 0 Å². The van der Waals surface area contributed by atoms with Crippen LogP contribution in [-0.2, 0) is 4.74 Å². The average molecular weight is 213 g/mol. The smallest absolute Gasteiger partial charge is 0.317 e. The maximum Gasteiger partial charge on any atom is 0.317 e. The molecule has 2 fully saturated rings. The highest BCUT2D eigenvalue weighted by molar-refractivity contribution is 5.74. The highest BCUT2D eigenvalue weighted by Crippen LogP contribution is 2.03. The van der Waals surface area contributed by atoms with Crippen LogP contribution in [-0.4, -0.2) is 56.4 Å². The summed E-state index contributed by atoms with van der Waals surface area (Å²) in [6.07, 6.45) is 2.39. The van der Waals surface area contributed by atoms with E-state index in [1.807, 2.05) is 4.90 Å². The molecule has 2 aliphatic heterocycles. The van der Waals surface area contributed by atoms with Crippen LogP contribution in [0.5, 0.6) is 0 Å². The molecule has 2 saturated heterocycles. The van der Waals surface area contributed by atoms with Crippen molar-refractivity contribution in [3.63, 3.8) is 0 Å². The Balaban J connectivity index is 1.66. The standard InChI is InChI=1S/C10H19N3O2/c14-10(13-4-6-15-7-5-13)12-8-9-2-1-3-11-9/h9,11H,1-8H2,(H,12,14)/t9-/m0/s1. The highest BCUT2D eigenvalue weighted by Gasteiger charge is 2.19. The quantitative estimate of drug-likeness (QED) is 0.667. The van der Waals surface area contributed by atoms with E-state index in [0.29, 0.717) is 32.3 Å². The molecule has 0 aromatic rings. The number of carbonyl (C=O) groups is 1. The van der Waals surface area contributed by atoms with E-state index >= 15 is 0 Å². The van der Waals surface area contributed by atoms with E-state index in [1.54, 1.807) is 0 Å². The van der Waals surface area contributed by atoms with Crippen molar-refractivity contribution in [2.24, 2.45) is 0 Å². The summed E-state index contributed by atoms with van der Waals surface area (Å²) >= 11 is 0. The Morgan fingerprint density at radius 1 is 1.47 bits per heavy atom. The maximum absolute atomic E-state index is 11.7. The van der Waals surface area contributed by atoms with Crippen molar-refractivity contribution in [3.05, 3.63) is 0 Å². The fourth-order valence-electron chi connectivity index (χ4n) is 2.02. The Hall–Kier alpha value is -0.810. The number of amides is 2. The van der Waals surface area contributed by atoms with Crippen LogP contribution < -0.4 is 10.6 Å². The summed E-state index contributed by atoms with van der Waals surface area (Å²) in [7, 11) is 0. The number of urea groups is 1. The third-order valence-electron chi connectivity index (χ3n) is 2.96. The Morgan fingerprint density at radius 3 is 2.93 bits per heavy atom. The van der Waals surface area contributed by atoms with Crippen LogP contribution in [0.4, 0.5) is 4.79 Å². The lowest BCUT2D eigenvalue weighted by Crippen LogP contribution is -2.48. The Labute approximate surface area is 90.1 Å². The molecule has 0 bridgehead atoms. The van der Waals surface area contributed by atoms with Crippen LogP contribution in [0.2, 0.25) is 0 Å². The summed E-state index contributed by atoms with van der Waals surface area (Å²) in [5.41, 5.74) is 0. The first kappa shape index (κ1) is 10.7. The fraction of sp³-hybridized carbons (Fsp3) is 0.900. The monoisotopic (exact) mass is 213 g/mol. The zero-order valence-electron chi connectivity index (χ0n) is 9.00. The zero-order valence-corrected chi connectivity index (χ0v) is 9.00. The lowest BCUT2D eigenvalue weighted by Gasteiger charge is -2.27. The number of hydrogen-bond donors (Lipinski definition) is 2. The summed E-state index contributed by atoms with van der Waals surface area (Å²) in [6.45, 7) is 4.58. The molecule has 5 nitrogen and oxygen atoms in total. The molecule has 2 N–H and O–H groups in total. The van der Waals surface area contributed by atoms with Crippen LogP contribution in [0.15, 0.2) is 0 Å². The van der Waals surface area contributed by atoms with Gasteiger partial charge in [0.2, 0.25) is 0 Å². The molecule has 5 heteroatoms. The van der Waals surface area contributed by atoms with E-state index in [9.17, 15) is 4.79 Å². The number of hydrogen-bond acceptors (Lipinski definition) is 3. The second-order valence-electron chi connectivity index (χ2n) is 4.08. The molecule has 2 rings (SSSR count). The maximum atomic E-state index is 11.7. The van der Waals surface area contributed by atoms with Crippen molar-refractivity contribution in [1.29, 1.82) is 0 Å². The van der Waals surface area contributed by atoms with E-state index in [0.717, 1.165) is 13.1 Å². The summed E-state index contributed by atoms with van der Waals surface area (Å²) in [5.74, 6) is 0. The van der Waals surface area contributed by atoms with E-state index in [4.69, 9.17) is 4.74 Å².